The lowest BCUT2D eigenvalue weighted by Crippen LogP contribution is -2.44. The molecule has 1 aliphatic rings. The average molecular weight is 269 g/mol. The molecule has 0 aliphatic carbocycles. The molecule has 2 unspecified atom stereocenters. The Labute approximate surface area is 114 Å². The van der Waals surface area contributed by atoms with Gasteiger partial charge in [0.15, 0.2) is 0 Å². The van der Waals surface area contributed by atoms with Crippen molar-refractivity contribution in [3.63, 3.8) is 0 Å². The van der Waals surface area contributed by atoms with Gasteiger partial charge in [-0.1, -0.05) is 23.7 Å². The Morgan fingerprint density at radius 2 is 2.17 bits per heavy atom. The Kier molecular flexibility index (Phi) is 5.01. The normalized spacial score (nSPS) is 22.9. The van der Waals surface area contributed by atoms with Gasteiger partial charge in [-0.3, -0.25) is 4.90 Å². The van der Waals surface area contributed by atoms with Crippen molar-refractivity contribution in [2.75, 3.05) is 26.3 Å². The molecule has 2 atom stereocenters. The van der Waals surface area contributed by atoms with E-state index in [1.807, 2.05) is 24.3 Å². The summed E-state index contributed by atoms with van der Waals surface area (Å²) in [6.07, 6.45) is 0.964. The molecule has 0 saturated carbocycles. The molecule has 18 heavy (non-hydrogen) atoms. The maximum Gasteiger partial charge on any atom is 0.0619 e. The standard InChI is InChI=1S/C14H21ClN2O/c1-11-10-18-9-8-17(11)7-6-14(16)12-2-4-13(15)5-3-12/h2-5,11,14H,6-10,16H2,1H3. The fraction of sp³-hybridized carbons (Fsp3) is 0.571. The fourth-order valence-electron chi connectivity index (χ4n) is 2.28. The van der Waals surface area contributed by atoms with E-state index in [1.165, 1.54) is 0 Å². The van der Waals surface area contributed by atoms with E-state index in [1.54, 1.807) is 0 Å². The minimum Gasteiger partial charge on any atom is -0.379 e. The van der Waals surface area contributed by atoms with E-state index in [9.17, 15) is 0 Å². The number of halogens is 1. The molecule has 3 nitrogen and oxygen atoms in total. The van der Waals surface area contributed by atoms with Gasteiger partial charge in [0.2, 0.25) is 0 Å². The van der Waals surface area contributed by atoms with Crippen molar-refractivity contribution in [1.29, 1.82) is 0 Å². The number of nitrogens with zero attached hydrogens (tertiary/aromatic N) is 1. The number of rotatable bonds is 4. The topological polar surface area (TPSA) is 38.5 Å². The van der Waals surface area contributed by atoms with Crippen LogP contribution in [0.3, 0.4) is 0 Å². The zero-order chi connectivity index (χ0) is 13.0. The van der Waals surface area contributed by atoms with E-state index in [0.717, 1.165) is 43.3 Å². The zero-order valence-electron chi connectivity index (χ0n) is 10.8. The molecule has 2 rings (SSSR count). The highest BCUT2D eigenvalue weighted by Crippen LogP contribution is 2.18. The van der Waals surface area contributed by atoms with Crippen molar-refractivity contribution in [2.24, 2.45) is 5.73 Å². The highest BCUT2D eigenvalue weighted by molar-refractivity contribution is 6.30. The van der Waals surface area contributed by atoms with Crippen LogP contribution in [0.1, 0.15) is 24.9 Å². The van der Waals surface area contributed by atoms with Gasteiger partial charge in [0.05, 0.1) is 13.2 Å². The lowest BCUT2D eigenvalue weighted by atomic mass is 10.0. The smallest absolute Gasteiger partial charge is 0.0619 e. The van der Waals surface area contributed by atoms with E-state index in [2.05, 4.69) is 11.8 Å². The van der Waals surface area contributed by atoms with Crippen molar-refractivity contribution < 1.29 is 4.74 Å². The third kappa shape index (κ3) is 3.69. The summed E-state index contributed by atoms with van der Waals surface area (Å²) in [7, 11) is 0. The SMILES string of the molecule is CC1COCCN1CCC(N)c1ccc(Cl)cc1. The molecule has 0 amide bonds. The molecule has 1 aliphatic heterocycles. The fourth-order valence-corrected chi connectivity index (χ4v) is 2.40. The van der Waals surface area contributed by atoms with Crippen LogP contribution in [0.5, 0.6) is 0 Å². The molecule has 0 spiro atoms. The van der Waals surface area contributed by atoms with Crippen LogP contribution in [0.2, 0.25) is 5.02 Å². The molecule has 2 N–H and O–H groups in total. The summed E-state index contributed by atoms with van der Waals surface area (Å²) in [6, 6.07) is 8.39. The largest absolute Gasteiger partial charge is 0.379 e. The number of hydrogen-bond donors (Lipinski definition) is 1. The van der Waals surface area contributed by atoms with E-state index < -0.39 is 0 Å². The van der Waals surface area contributed by atoms with Crippen LogP contribution in [0.25, 0.3) is 0 Å². The van der Waals surface area contributed by atoms with Gasteiger partial charge in [-0.25, -0.2) is 0 Å². The molecular weight excluding hydrogens is 248 g/mol. The van der Waals surface area contributed by atoms with E-state index >= 15 is 0 Å². The van der Waals surface area contributed by atoms with Gasteiger partial charge in [0.25, 0.3) is 0 Å². The predicted octanol–water partition coefficient (Wildman–Crippen LogP) is 2.45. The number of hydrogen-bond acceptors (Lipinski definition) is 3. The average Bonchev–Trinajstić information content (AvgIpc) is 2.38. The molecule has 0 radical (unpaired) electrons. The Morgan fingerprint density at radius 3 is 2.83 bits per heavy atom. The zero-order valence-corrected chi connectivity index (χ0v) is 11.6. The number of benzene rings is 1. The minimum absolute atomic E-state index is 0.0808. The molecule has 1 heterocycles. The summed E-state index contributed by atoms with van der Waals surface area (Å²) in [6.45, 7) is 5.90. The van der Waals surface area contributed by atoms with Crippen molar-refractivity contribution in [3.05, 3.63) is 34.9 Å². The first-order valence-electron chi connectivity index (χ1n) is 6.49. The predicted molar refractivity (Wildman–Crippen MR) is 74.9 cm³/mol. The van der Waals surface area contributed by atoms with E-state index in [4.69, 9.17) is 22.1 Å². The summed E-state index contributed by atoms with van der Waals surface area (Å²) >= 11 is 5.87. The van der Waals surface area contributed by atoms with Crippen LogP contribution >= 0.6 is 11.6 Å². The quantitative estimate of drug-likeness (QED) is 0.912. The van der Waals surface area contributed by atoms with Crippen molar-refractivity contribution in [1.82, 2.24) is 4.90 Å². The van der Waals surface area contributed by atoms with E-state index in [0.29, 0.717) is 6.04 Å². The summed E-state index contributed by atoms with van der Waals surface area (Å²) < 4.78 is 5.43. The van der Waals surface area contributed by atoms with Gasteiger partial charge in [-0.15, -0.1) is 0 Å². The second-order valence-corrected chi connectivity index (χ2v) is 5.34. The van der Waals surface area contributed by atoms with Gasteiger partial charge in [-0.05, 0) is 31.0 Å². The molecule has 100 valence electrons. The van der Waals surface area contributed by atoms with Crippen molar-refractivity contribution in [2.45, 2.75) is 25.4 Å². The Hall–Kier alpha value is -0.610. The third-order valence-electron chi connectivity index (χ3n) is 3.53. The molecule has 1 fully saturated rings. The van der Waals surface area contributed by atoms with Crippen molar-refractivity contribution >= 4 is 11.6 Å². The molecule has 1 aromatic carbocycles. The van der Waals surface area contributed by atoms with Gasteiger partial charge in [-0.2, -0.15) is 0 Å². The summed E-state index contributed by atoms with van der Waals surface area (Å²) in [5.74, 6) is 0. The second-order valence-electron chi connectivity index (χ2n) is 4.91. The Balaban J connectivity index is 1.83. The maximum absolute atomic E-state index is 6.21. The third-order valence-corrected chi connectivity index (χ3v) is 3.78. The molecular formula is C14H21ClN2O. The van der Waals surface area contributed by atoms with Gasteiger partial charge >= 0.3 is 0 Å². The Bertz CT molecular complexity index is 369. The maximum atomic E-state index is 6.21. The number of nitrogens with two attached hydrogens (primary N) is 1. The van der Waals surface area contributed by atoms with Crippen LogP contribution in [-0.2, 0) is 4.74 Å². The van der Waals surface area contributed by atoms with Crippen LogP contribution in [0.15, 0.2) is 24.3 Å². The number of morpholine rings is 1. The van der Waals surface area contributed by atoms with Crippen LogP contribution in [-0.4, -0.2) is 37.2 Å². The monoisotopic (exact) mass is 268 g/mol. The first-order valence-corrected chi connectivity index (χ1v) is 6.87. The summed E-state index contributed by atoms with van der Waals surface area (Å²) in [5.41, 5.74) is 7.36. The van der Waals surface area contributed by atoms with Crippen LogP contribution in [0, 0.1) is 0 Å². The van der Waals surface area contributed by atoms with Gasteiger partial charge in [0, 0.05) is 30.2 Å². The molecule has 4 heteroatoms. The van der Waals surface area contributed by atoms with E-state index in [-0.39, 0.29) is 6.04 Å². The number of ether oxygens (including phenoxy) is 1. The molecule has 0 aromatic heterocycles. The summed E-state index contributed by atoms with van der Waals surface area (Å²) in [4.78, 5) is 2.44. The Morgan fingerprint density at radius 1 is 1.44 bits per heavy atom. The van der Waals surface area contributed by atoms with Crippen molar-refractivity contribution in [3.8, 4) is 0 Å². The van der Waals surface area contributed by atoms with Crippen LogP contribution < -0.4 is 5.73 Å². The summed E-state index contributed by atoms with van der Waals surface area (Å²) in [5, 5.41) is 0.757. The molecule has 1 aromatic rings. The van der Waals surface area contributed by atoms with Crippen LogP contribution in [0.4, 0.5) is 0 Å². The molecule has 1 saturated heterocycles. The highest BCUT2D eigenvalue weighted by Gasteiger charge is 2.19. The first kappa shape index (κ1) is 13.8. The lowest BCUT2D eigenvalue weighted by molar-refractivity contribution is -0.00139. The van der Waals surface area contributed by atoms with Gasteiger partial charge < -0.3 is 10.5 Å². The highest BCUT2D eigenvalue weighted by atomic mass is 35.5. The first-order chi connectivity index (χ1) is 8.66. The molecule has 0 bridgehead atoms. The second kappa shape index (κ2) is 6.53. The van der Waals surface area contributed by atoms with Gasteiger partial charge in [0.1, 0.15) is 0 Å². The lowest BCUT2D eigenvalue weighted by Gasteiger charge is -2.33. The minimum atomic E-state index is 0.0808.